The van der Waals surface area contributed by atoms with Crippen molar-refractivity contribution in [3.8, 4) is 0 Å². The molecule has 2 N–H and O–H groups in total. The van der Waals surface area contributed by atoms with Crippen LogP contribution in [0.3, 0.4) is 0 Å². The molecule has 4 nitrogen and oxygen atoms in total. The minimum atomic E-state index is -4.57. The average molecular weight is 349 g/mol. The maximum atomic E-state index is 13.0. The van der Waals surface area contributed by atoms with E-state index < -0.39 is 11.9 Å². The van der Waals surface area contributed by atoms with Crippen LogP contribution in [0, 0.1) is 0 Å². The SMILES string of the molecule is Cn1nc(C(F)(F)F)c(C=NN)c1SCc1ccccc1Cl. The van der Waals surface area contributed by atoms with E-state index in [4.69, 9.17) is 17.4 Å². The molecule has 0 amide bonds. The molecular formula is C13H12ClF3N4S. The van der Waals surface area contributed by atoms with E-state index in [1.807, 2.05) is 12.1 Å². The van der Waals surface area contributed by atoms with Gasteiger partial charge < -0.3 is 5.84 Å². The van der Waals surface area contributed by atoms with Crippen LogP contribution in [0.5, 0.6) is 0 Å². The van der Waals surface area contributed by atoms with Gasteiger partial charge in [0.2, 0.25) is 0 Å². The van der Waals surface area contributed by atoms with Crippen LogP contribution in [0.4, 0.5) is 13.2 Å². The fraction of sp³-hybridized carbons (Fsp3) is 0.231. The van der Waals surface area contributed by atoms with Crippen LogP contribution in [0.2, 0.25) is 5.02 Å². The molecule has 1 heterocycles. The third-order valence-corrected chi connectivity index (χ3v) is 4.41. The topological polar surface area (TPSA) is 56.2 Å². The third kappa shape index (κ3) is 3.56. The monoisotopic (exact) mass is 348 g/mol. The zero-order chi connectivity index (χ0) is 16.3. The number of thioether (sulfide) groups is 1. The lowest BCUT2D eigenvalue weighted by atomic mass is 10.2. The highest BCUT2D eigenvalue weighted by molar-refractivity contribution is 7.98. The molecule has 0 saturated heterocycles. The largest absolute Gasteiger partial charge is 0.435 e. The molecular weight excluding hydrogens is 337 g/mol. The summed E-state index contributed by atoms with van der Waals surface area (Å²) in [5.74, 6) is 5.42. The number of aryl methyl sites for hydroxylation is 1. The fourth-order valence-corrected chi connectivity index (χ4v) is 3.22. The zero-order valence-corrected chi connectivity index (χ0v) is 13.0. The van der Waals surface area contributed by atoms with Crippen LogP contribution < -0.4 is 5.84 Å². The highest BCUT2D eigenvalue weighted by atomic mass is 35.5. The molecule has 0 bridgehead atoms. The zero-order valence-electron chi connectivity index (χ0n) is 11.4. The van der Waals surface area contributed by atoms with Crippen molar-refractivity contribution in [1.29, 1.82) is 0 Å². The average Bonchev–Trinajstić information content (AvgIpc) is 2.75. The van der Waals surface area contributed by atoms with Gasteiger partial charge in [0.1, 0.15) is 5.03 Å². The van der Waals surface area contributed by atoms with E-state index in [0.29, 0.717) is 15.8 Å². The molecule has 22 heavy (non-hydrogen) atoms. The highest BCUT2D eigenvalue weighted by Gasteiger charge is 2.38. The molecule has 0 saturated carbocycles. The van der Waals surface area contributed by atoms with Crippen LogP contribution in [0.15, 0.2) is 34.4 Å². The number of aromatic nitrogens is 2. The first kappa shape index (κ1) is 16.7. The molecule has 0 atom stereocenters. The molecule has 2 aromatic rings. The molecule has 0 fully saturated rings. The van der Waals surface area contributed by atoms with Gasteiger partial charge in [0.25, 0.3) is 0 Å². The molecule has 0 aliphatic carbocycles. The van der Waals surface area contributed by atoms with Crippen molar-refractivity contribution in [3.05, 3.63) is 46.1 Å². The second kappa shape index (κ2) is 6.62. The van der Waals surface area contributed by atoms with Crippen molar-refractivity contribution < 1.29 is 13.2 Å². The summed E-state index contributed by atoms with van der Waals surface area (Å²) in [5.41, 5.74) is -0.333. The second-order valence-corrected chi connectivity index (χ2v) is 5.72. The quantitative estimate of drug-likeness (QED) is 0.397. The van der Waals surface area contributed by atoms with E-state index >= 15 is 0 Å². The van der Waals surface area contributed by atoms with Crippen LogP contribution in [0.25, 0.3) is 0 Å². The Kier molecular flexibility index (Phi) is 5.02. The molecule has 0 aliphatic heterocycles. The number of hydrogen-bond acceptors (Lipinski definition) is 4. The van der Waals surface area contributed by atoms with E-state index in [9.17, 15) is 13.2 Å². The number of hydrazone groups is 1. The van der Waals surface area contributed by atoms with Crippen LogP contribution >= 0.6 is 23.4 Å². The summed E-state index contributed by atoms with van der Waals surface area (Å²) in [6.45, 7) is 0. The number of hydrogen-bond donors (Lipinski definition) is 1. The first-order valence-electron chi connectivity index (χ1n) is 6.08. The van der Waals surface area contributed by atoms with Crippen molar-refractivity contribution in [2.45, 2.75) is 17.0 Å². The summed E-state index contributed by atoms with van der Waals surface area (Å²) in [4.78, 5) is 0. The van der Waals surface area contributed by atoms with E-state index in [-0.39, 0.29) is 5.56 Å². The summed E-state index contributed by atoms with van der Waals surface area (Å²) < 4.78 is 40.1. The Morgan fingerprint density at radius 1 is 1.41 bits per heavy atom. The summed E-state index contributed by atoms with van der Waals surface area (Å²) in [7, 11) is 1.44. The number of nitrogens with zero attached hydrogens (tertiary/aromatic N) is 3. The smallest absolute Gasteiger partial charge is 0.323 e. The number of alkyl halides is 3. The Morgan fingerprint density at radius 2 is 2.09 bits per heavy atom. The van der Waals surface area contributed by atoms with Crippen LogP contribution in [-0.4, -0.2) is 16.0 Å². The molecule has 0 spiro atoms. The van der Waals surface area contributed by atoms with Gasteiger partial charge in [0, 0.05) is 17.8 Å². The van der Waals surface area contributed by atoms with Gasteiger partial charge in [-0.25, -0.2) is 0 Å². The van der Waals surface area contributed by atoms with Gasteiger partial charge in [0.15, 0.2) is 5.69 Å². The standard InChI is InChI=1S/C13H12ClF3N4S/c1-21-12(22-7-8-4-2-3-5-10(8)14)9(6-19-18)11(20-21)13(15,16)17/h2-6H,7,18H2,1H3. The Hall–Kier alpha value is -1.67. The van der Waals surface area contributed by atoms with E-state index in [1.165, 1.54) is 23.5 Å². The summed E-state index contributed by atoms with van der Waals surface area (Å²) in [6.07, 6.45) is -3.61. The lowest BCUT2D eigenvalue weighted by molar-refractivity contribution is -0.141. The molecule has 0 unspecified atom stereocenters. The van der Waals surface area contributed by atoms with Crippen LogP contribution in [0.1, 0.15) is 16.8 Å². The van der Waals surface area contributed by atoms with Gasteiger partial charge in [-0.1, -0.05) is 29.8 Å². The number of halogens is 4. The minimum absolute atomic E-state index is 0.144. The molecule has 1 aromatic carbocycles. The van der Waals surface area contributed by atoms with Gasteiger partial charge in [-0.15, -0.1) is 11.8 Å². The molecule has 1 aromatic heterocycles. The number of benzene rings is 1. The van der Waals surface area contributed by atoms with Crippen molar-refractivity contribution in [3.63, 3.8) is 0 Å². The van der Waals surface area contributed by atoms with Crippen molar-refractivity contribution in [1.82, 2.24) is 9.78 Å². The van der Waals surface area contributed by atoms with Gasteiger partial charge in [-0.3, -0.25) is 4.68 Å². The Bertz CT molecular complexity index is 697. The van der Waals surface area contributed by atoms with Crippen molar-refractivity contribution in [2.75, 3.05) is 0 Å². The lowest BCUT2D eigenvalue weighted by Gasteiger charge is -2.06. The number of nitrogens with two attached hydrogens (primary N) is 1. The lowest BCUT2D eigenvalue weighted by Crippen LogP contribution is -2.09. The molecule has 0 radical (unpaired) electrons. The van der Waals surface area contributed by atoms with E-state index in [0.717, 1.165) is 11.8 Å². The first-order valence-corrected chi connectivity index (χ1v) is 7.44. The van der Waals surface area contributed by atoms with Crippen molar-refractivity contribution in [2.24, 2.45) is 18.0 Å². The molecule has 118 valence electrons. The summed E-state index contributed by atoms with van der Waals surface area (Å²) >= 11 is 7.23. The predicted octanol–water partition coefficient (Wildman–Crippen LogP) is 3.68. The predicted molar refractivity (Wildman–Crippen MR) is 81.0 cm³/mol. The second-order valence-electron chi connectivity index (χ2n) is 4.35. The number of rotatable bonds is 4. The van der Waals surface area contributed by atoms with Gasteiger partial charge in [-0.05, 0) is 11.6 Å². The van der Waals surface area contributed by atoms with Gasteiger partial charge in [-0.2, -0.15) is 23.4 Å². The Balaban J connectivity index is 2.35. The normalized spacial score (nSPS) is 12.2. The van der Waals surface area contributed by atoms with Crippen LogP contribution in [-0.2, 0) is 19.0 Å². The summed E-state index contributed by atoms with van der Waals surface area (Å²) in [6, 6.07) is 7.14. The minimum Gasteiger partial charge on any atom is -0.323 e. The van der Waals surface area contributed by atoms with Gasteiger partial charge >= 0.3 is 6.18 Å². The maximum absolute atomic E-state index is 13.0. The van der Waals surface area contributed by atoms with E-state index in [2.05, 4.69) is 10.2 Å². The van der Waals surface area contributed by atoms with Gasteiger partial charge in [0.05, 0.1) is 11.8 Å². The molecule has 0 aliphatic rings. The molecule has 9 heteroatoms. The highest BCUT2D eigenvalue weighted by Crippen LogP contribution is 2.36. The Morgan fingerprint density at radius 3 is 2.68 bits per heavy atom. The van der Waals surface area contributed by atoms with E-state index in [1.54, 1.807) is 12.1 Å². The van der Waals surface area contributed by atoms with Crippen molar-refractivity contribution >= 4 is 29.6 Å². The first-order chi connectivity index (χ1) is 10.3. The Labute approximate surface area is 134 Å². The summed E-state index contributed by atoms with van der Waals surface area (Å²) in [5, 5.41) is 7.61. The third-order valence-electron chi connectivity index (χ3n) is 2.82. The fourth-order valence-electron chi connectivity index (χ4n) is 1.86. The molecule has 2 rings (SSSR count). The maximum Gasteiger partial charge on any atom is 0.435 e.